The van der Waals surface area contributed by atoms with E-state index in [1.54, 1.807) is 24.3 Å². The second-order valence-corrected chi connectivity index (χ2v) is 5.48. The third kappa shape index (κ3) is 4.07. The molecule has 6 nitrogen and oxygen atoms in total. The number of carbonyl (C=O) groups is 1. The number of thioether (sulfide) groups is 1. The van der Waals surface area contributed by atoms with Gasteiger partial charge in [-0.05, 0) is 12.1 Å². The number of nitrogens with zero attached hydrogens (tertiary/aromatic N) is 3. The summed E-state index contributed by atoms with van der Waals surface area (Å²) in [5, 5.41) is 19.8. The monoisotopic (exact) mass is 302 g/mol. The molecule has 0 unspecified atom stereocenters. The SMILES string of the molecule is CC(C)c1nnc(SCC(=O)Nc2ccccc2C#N)o1. The Balaban J connectivity index is 1.91. The summed E-state index contributed by atoms with van der Waals surface area (Å²) < 4.78 is 5.40. The van der Waals surface area contributed by atoms with Crippen molar-refractivity contribution in [3.8, 4) is 6.07 Å². The highest BCUT2D eigenvalue weighted by Crippen LogP contribution is 2.21. The molecule has 7 heteroatoms. The summed E-state index contributed by atoms with van der Waals surface area (Å²) in [5.74, 6) is 0.613. The highest BCUT2D eigenvalue weighted by molar-refractivity contribution is 7.99. The maximum absolute atomic E-state index is 11.9. The number of hydrogen-bond acceptors (Lipinski definition) is 6. The van der Waals surface area contributed by atoms with Crippen LogP contribution in [0.2, 0.25) is 0 Å². The van der Waals surface area contributed by atoms with E-state index in [1.807, 2.05) is 19.9 Å². The number of para-hydroxylation sites is 1. The number of carbonyl (C=O) groups excluding carboxylic acids is 1. The Hall–Kier alpha value is -2.33. The number of amides is 1. The summed E-state index contributed by atoms with van der Waals surface area (Å²) in [6.45, 7) is 3.90. The van der Waals surface area contributed by atoms with Crippen molar-refractivity contribution in [3.63, 3.8) is 0 Å². The average Bonchev–Trinajstić information content (AvgIpc) is 2.95. The summed E-state index contributed by atoms with van der Waals surface area (Å²) in [5.41, 5.74) is 0.926. The molecule has 0 spiro atoms. The smallest absolute Gasteiger partial charge is 0.277 e. The average molecular weight is 302 g/mol. The molecule has 21 heavy (non-hydrogen) atoms. The Morgan fingerprint density at radius 2 is 2.19 bits per heavy atom. The lowest BCUT2D eigenvalue weighted by Crippen LogP contribution is -2.14. The van der Waals surface area contributed by atoms with Crippen LogP contribution in [0.1, 0.15) is 31.2 Å². The fourth-order valence-corrected chi connectivity index (χ4v) is 2.08. The first-order valence-corrected chi connectivity index (χ1v) is 7.34. The Morgan fingerprint density at radius 1 is 1.43 bits per heavy atom. The lowest BCUT2D eigenvalue weighted by Gasteiger charge is -2.05. The lowest BCUT2D eigenvalue weighted by atomic mass is 10.2. The molecule has 108 valence electrons. The standard InChI is InChI=1S/C14H14N4O2S/c1-9(2)13-17-18-14(20-13)21-8-12(19)16-11-6-4-3-5-10(11)7-15/h3-6,9H,8H2,1-2H3,(H,16,19). The summed E-state index contributed by atoms with van der Waals surface area (Å²) in [4.78, 5) is 11.9. The molecular weight excluding hydrogens is 288 g/mol. The van der Waals surface area contributed by atoms with Crippen LogP contribution in [0.3, 0.4) is 0 Å². The molecule has 0 fully saturated rings. The lowest BCUT2D eigenvalue weighted by molar-refractivity contribution is -0.113. The molecule has 0 atom stereocenters. The minimum Gasteiger partial charge on any atom is -0.416 e. The molecule has 2 aromatic rings. The molecule has 0 aliphatic rings. The van der Waals surface area contributed by atoms with Crippen molar-refractivity contribution in [1.29, 1.82) is 5.26 Å². The second kappa shape index (κ2) is 6.90. The van der Waals surface area contributed by atoms with Gasteiger partial charge in [-0.15, -0.1) is 10.2 Å². The molecule has 0 bridgehead atoms. The molecule has 0 saturated carbocycles. The highest BCUT2D eigenvalue weighted by Gasteiger charge is 2.12. The molecule has 0 aliphatic heterocycles. The minimum atomic E-state index is -0.230. The number of aromatic nitrogens is 2. The van der Waals surface area contributed by atoms with Gasteiger partial charge in [0.05, 0.1) is 17.0 Å². The Kier molecular flexibility index (Phi) is 4.95. The quantitative estimate of drug-likeness (QED) is 0.854. The van der Waals surface area contributed by atoms with Gasteiger partial charge < -0.3 is 9.73 Å². The molecule has 0 radical (unpaired) electrons. The maximum atomic E-state index is 11.9. The van der Waals surface area contributed by atoms with E-state index in [0.29, 0.717) is 22.4 Å². The summed E-state index contributed by atoms with van der Waals surface area (Å²) in [6.07, 6.45) is 0. The van der Waals surface area contributed by atoms with Crippen LogP contribution in [0.25, 0.3) is 0 Å². The van der Waals surface area contributed by atoms with Gasteiger partial charge in [0.1, 0.15) is 6.07 Å². The van der Waals surface area contributed by atoms with Gasteiger partial charge in [0.15, 0.2) is 0 Å². The van der Waals surface area contributed by atoms with Crippen molar-refractivity contribution in [3.05, 3.63) is 35.7 Å². The van der Waals surface area contributed by atoms with Crippen molar-refractivity contribution < 1.29 is 9.21 Å². The summed E-state index contributed by atoms with van der Waals surface area (Å²) >= 11 is 1.16. The second-order valence-electron chi connectivity index (χ2n) is 4.56. The predicted octanol–water partition coefficient (Wildman–Crippen LogP) is 2.80. The molecule has 0 saturated heterocycles. The van der Waals surface area contributed by atoms with Crippen LogP contribution in [0, 0.1) is 11.3 Å². The zero-order valence-electron chi connectivity index (χ0n) is 11.7. The molecule has 0 aliphatic carbocycles. The van der Waals surface area contributed by atoms with Crippen LogP contribution in [0.5, 0.6) is 0 Å². The van der Waals surface area contributed by atoms with Crippen molar-refractivity contribution in [2.45, 2.75) is 25.0 Å². The van der Waals surface area contributed by atoms with E-state index in [9.17, 15) is 4.79 Å². The van der Waals surface area contributed by atoms with Crippen molar-refractivity contribution >= 4 is 23.4 Å². The first-order chi connectivity index (χ1) is 10.1. The molecule has 1 aromatic heterocycles. The van der Waals surface area contributed by atoms with E-state index in [0.717, 1.165) is 11.8 Å². The van der Waals surface area contributed by atoms with Crippen LogP contribution in [-0.2, 0) is 4.79 Å². The number of anilines is 1. The third-order valence-corrected chi connectivity index (χ3v) is 3.38. The maximum Gasteiger partial charge on any atom is 0.277 e. The fraction of sp³-hybridized carbons (Fsp3) is 0.286. The van der Waals surface area contributed by atoms with Crippen LogP contribution in [-0.4, -0.2) is 21.9 Å². The van der Waals surface area contributed by atoms with Gasteiger partial charge in [-0.1, -0.05) is 37.7 Å². The zero-order valence-corrected chi connectivity index (χ0v) is 12.5. The molecule has 1 amide bonds. The first-order valence-electron chi connectivity index (χ1n) is 6.35. The van der Waals surface area contributed by atoms with E-state index >= 15 is 0 Å². The normalized spacial score (nSPS) is 10.4. The Labute approximate surface area is 126 Å². The topological polar surface area (TPSA) is 91.8 Å². The number of rotatable bonds is 5. The molecule has 1 N–H and O–H groups in total. The predicted molar refractivity (Wildman–Crippen MR) is 78.9 cm³/mol. The first kappa shape index (κ1) is 15.1. The van der Waals surface area contributed by atoms with Gasteiger partial charge in [-0.2, -0.15) is 5.26 Å². The van der Waals surface area contributed by atoms with Crippen LogP contribution in [0.4, 0.5) is 5.69 Å². The minimum absolute atomic E-state index is 0.138. The van der Waals surface area contributed by atoms with Crippen molar-refractivity contribution in [1.82, 2.24) is 10.2 Å². The van der Waals surface area contributed by atoms with E-state index in [1.165, 1.54) is 0 Å². The van der Waals surface area contributed by atoms with E-state index in [-0.39, 0.29) is 17.6 Å². The number of nitrogens with one attached hydrogen (secondary N) is 1. The molecule has 1 aromatic carbocycles. The molecule has 2 rings (SSSR count). The summed E-state index contributed by atoms with van der Waals surface area (Å²) in [7, 11) is 0. The van der Waals surface area contributed by atoms with Gasteiger partial charge in [-0.3, -0.25) is 4.79 Å². The zero-order chi connectivity index (χ0) is 15.2. The van der Waals surface area contributed by atoms with Gasteiger partial charge in [0, 0.05) is 5.92 Å². The molecule has 1 heterocycles. The largest absolute Gasteiger partial charge is 0.416 e. The van der Waals surface area contributed by atoms with Crippen molar-refractivity contribution in [2.24, 2.45) is 0 Å². The van der Waals surface area contributed by atoms with Crippen molar-refractivity contribution in [2.75, 3.05) is 11.1 Å². The van der Waals surface area contributed by atoms with Gasteiger partial charge in [0.25, 0.3) is 5.22 Å². The van der Waals surface area contributed by atoms with Crippen LogP contribution in [0.15, 0.2) is 33.9 Å². The molecular formula is C14H14N4O2S. The Morgan fingerprint density at radius 3 is 2.86 bits per heavy atom. The highest BCUT2D eigenvalue weighted by atomic mass is 32.2. The van der Waals surface area contributed by atoms with E-state index in [2.05, 4.69) is 15.5 Å². The van der Waals surface area contributed by atoms with Crippen LogP contribution < -0.4 is 5.32 Å². The van der Waals surface area contributed by atoms with Crippen LogP contribution >= 0.6 is 11.8 Å². The van der Waals surface area contributed by atoms with Gasteiger partial charge in [0.2, 0.25) is 11.8 Å². The van der Waals surface area contributed by atoms with E-state index in [4.69, 9.17) is 9.68 Å². The van der Waals surface area contributed by atoms with Gasteiger partial charge in [-0.25, -0.2) is 0 Å². The number of hydrogen-bond donors (Lipinski definition) is 1. The number of benzene rings is 1. The van der Waals surface area contributed by atoms with E-state index < -0.39 is 0 Å². The van der Waals surface area contributed by atoms with Gasteiger partial charge >= 0.3 is 0 Å². The number of nitriles is 1. The fourth-order valence-electron chi connectivity index (χ4n) is 1.52. The third-order valence-electron chi connectivity index (χ3n) is 2.56. The Bertz CT molecular complexity index is 676. The summed E-state index contributed by atoms with van der Waals surface area (Å²) in [6, 6.07) is 8.87.